The van der Waals surface area contributed by atoms with Gasteiger partial charge in [0.1, 0.15) is 23.0 Å². The molecule has 0 aliphatic carbocycles. The average molecular weight is 703 g/mol. The Labute approximate surface area is 311 Å². The number of aromatic nitrogens is 4. The minimum Gasteiger partial charge on any atom is -0.457 e. The van der Waals surface area contributed by atoms with Gasteiger partial charge in [0.2, 0.25) is 0 Å². The third-order valence-corrected chi connectivity index (χ3v) is 11.3. The number of fused-ring (bicyclic) bond motifs is 7. The van der Waals surface area contributed by atoms with Gasteiger partial charge in [-0.2, -0.15) is 5.10 Å². The van der Waals surface area contributed by atoms with Crippen LogP contribution in [0.2, 0.25) is 0 Å². The van der Waals surface area contributed by atoms with E-state index in [9.17, 15) is 0 Å². The van der Waals surface area contributed by atoms with Gasteiger partial charge in [-0.3, -0.25) is 4.57 Å². The van der Waals surface area contributed by atoms with Crippen molar-refractivity contribution < 1.29 is 4.74 Å². The van der Waals surface area contributed by atoms with E-state index in [1.165, 1.54) is 47.8 Å². The van der Waals surface area contributed by atoms with Crippen molar-refractivity contribution in [2.75, 3.05) is 0 Å². The van der Waals surface area contributed by atoms with E-state index >= 15 is 0 Å². The first kappa shape index (κ1) is 31.3. The molecule has 53 heavy (non-hydrogen) atoms. The molecule has 0 saturated carbocycles. The van der Waals surface area contributed by atoms with Crippen LogP contribution in [0.4, 0.5) is 0 Å². The quantitative estimate of drug-likeness (QED) is 0.173. The first-order chi connectivity index (χ1) is 26.0. The lowest BCUT2D eigenvalue weighted by Crippen LogP contribution is -1.98. The highest BCUT2D eigenvalue weighted by Gasteiger charge is 2.21. The van der Waals surface area contributed by atoms with Crippen molar-refractivity contribution in [2.45, 2.75) is 20.8 Å². The van der Waals surface area contributed by atoms with E-state index in [1.807, 2.05) is 46.5 Å². The second kappa shape index (κ2) is 12.3. The van der Waals surface area contributed by atoms with Crippen LogP contribution >= 0.6 is 11.3 Å². The maximum absolute atomic E-state index is 6.66. The summed E-state index contributed by atoms with van der Waals surface area (Å²) in [6.07, 6.45) is 3.99. The number of rotatable bonds is 6. The highest BCUT2D eigenvalue weighted by molar-refractivity contribution is 7.26. The Balaban J connectivity index is 1.09. The lowest BCUT2D eigenvalue weighted by atomic mass is 9.93. The Morgan fingerprint density at radius 2 is 1.40 bits per heavy atom. The predicted octanol–water partition coefficient (Wildman–Crippen LogP) is 12.8. The number of benzene rings is 6. The summed E-state index contributed by atoms with van der Waals surface area (Å²) >= 11 is 1.83. The van der Waals surface area contributed by atoms with Crippen LogP contribution in [0.25, 0.3) is 75.9 Å². The lowest BCUT2D eigenvalue weighted by molar-refractivity contribution is 0.483. The second-order valence-corrected chi connectivity index (χ2v) is 14.8. The molecule has 0 atom stereocenters. The fourth-order valence-corrected chi connectivity index (χ4v) is 9.09. The molecule has 10 aromatic rings. The van der Waals surface area contributed by atoms with Crippen LogP contribution in [0.3, 0.4) is 0 Å². The molecule has 0 amide bonds. The summed E-state index contributed by atoms with van der Waals surface area (Å²) in [5.41, 5.74) is 11.2. The molecule has 0 aliphatic rings. The maximum atomic E-state index is 6.66. The van der Waals surface area contributed by atoms with Crippen molar-refractivity contribution in [1.82, 2.24) is 19.3 Å². The summed E-state index contributed by atoms with van der Waals surface area (Å²) in [5.74, 6) is 2.35. The first-order valence-corrected chi connectivity index (χ1v) is 18.6. The largest absolute Gasteiger partial charge is 0.457 e. The number of thiophene rings is 1. The zero-order valence-electron chi connectivity index (χ0n) is 29.5. The van der Waals surface area contributed by atoms with Gasteiger partial charge in [-0.1, -0.05) is 84.4 Å². The van der Waals surface area contributed by atoms with E-state index in [0.29, 0.717) is 0 Å². The molecule has 10 rings (SSSR count). The highest BCUT2D eigenvalue weighted by atomic mass is 32.1. The van der Waals surface area contributed by atoms with Gasteiger partial charge in [0.25, 0.3) is 0 Å². The number of ether oxygens (including phenoxy) is 1. The summed E-state index contributed by atoms with van der Waals surface area (Å²) in [6, 6.07) is 48.8. The van der Waals surface area contributed by atoms with Crippen LogP contribution in [0.15, 0.2) is 152 Å². The summed E-state index contributed by atoms with van der Waals surface area (Å²) in [7, 11) is 0. The molecule has 5 nitrogen and oxygen atoms in total. The van der Waals surface area contributed by atoms with E-state index in [-0.39, 0.29) is 0 Å². The molecule has 0 unspecified atom stereocenters. The normalized spacial score (nSPS) is 11.7. The fraction of sp³-hybridized carbons (Fsp3) is 0.0638. The first-order valence-electron chi connectivity index (χ1n) is 17.8. The van der Waals surface area contributed by atoms with Gasteiger partial charge in [0.05, 0.1) is 16.7 Å². The summed E-state index contributed by atoms with van der Waals surface area (Å²) in [4.78, 5) is 4.84. The Hall–Kier alpha value is -6.50. The Bertz CT molecular complexity index is 2990. The van der Waals surface area contributed by atoms with Crippen molar-refractivity contribution in [3.63, 3.8) is 0 Å². The Kier molecular flexibility index (Phi) is 7.27. The summed E-state index contributed by atoms with van der Waals surface area (Å²) < 4.78 is 13.5. The van der Waals surface area contributed by atoms with Gasteiger partial charge in [0.15, 0.2) is 0 Å². The molecule has 0 N–H and O–H groups in total. The van der Waals surface area contributed by atoms with Crippen molar-refractivity contribution in [3.8, 4) is 45.4 Å². The molecule has 0 fully saturated rings. The molecule has 254 valence electrons. The zero-order valence-corrected chi connectivity index (χ0v) is 30.4. The number of pyridine rings is 1. The lowest BCUT2D eigenvalue weighted by Gasteiger charge is -2.11. The molecule has 0 aliphatic heterocycles. The van der Waals surface area contributed by atoms with Gasteiger partial charge in [-0.05, 0) is 86.0 Å². The van der Waals surface area contributed by atoms with E-state index in [1.54, 1.807) is 0 Å². The third-order valence-electron chi connectivity index (χ3n) is 10.1. The standard InChI is InChI=1S/C47H34N4OS/c1-29-24-30(2)44(31(3)25-29)46-39(32-12-5-4-6-13-32)28-50(49-46)33-14-11-15-34(26-33)52-35-19-20-36-37-21-22-42-45(38-16-7-8-17-41(38)53-42)47(37)51(40(36)27-35)43-18-9-10-23-48-43/h4-28H,1-3H3. The number of aryl methyl sites for hydroxylation is 3. The van der Waals surface area contributed by atoms with Gasteiger partial charge in [-0.25, -0.2) is 9.67 Å². The topological polar surface area (TPSA) is 44.9 Å². The fourth-order valence-electron chi connectivity index (χ4n) is 7.98. The monoisotopic (exact) mass is 702 g/mol. The molecule has 0 bridgehead atoms. The van der Waals surface area contributed by atoms with Gasteiger partial charge < -0.3 is 4.74 Å². The van der Waals surface area contributed by atoms with Gasteiger partial charge in [-0.15, -0.1) is 11.3 Å². The SMILES string of the molecule is Cc1cc(C)c(-c2nn(-c3cccc(Oc4ccc5c6ccc7sc8ccccc8c7c6n(-c6ccccn6)c5c4)c3)cc2-c2ccccc2)c(C)c1. The van der Waals surface area contributed by atoms with E-state index in [2.05, 4.69) is 147 Å². The van der Waals surface area contributed by atoms with E-state index in [0.717, 1.165) is 56.2 Å². The molecule has 0 radical (unpaired) electrons. The van der Waals surface area contributed by atoms with Crippen LogP contribution in [0, 0.1) is 20.8 Å². The van der Waals surface area contributed by atoms with Crippen molar-refractivity contribution in [1.29, 1.82) is 0 Å². The second-order valence-electron chi connectivity index (χ2n) is 13.7. The third kappa shape index (κ3) is 5.21. The van der Waals surface area contributed by atoms with Crippen molar-refractivity contribution >= 4 is 53.3 Å². The van der Waals surface area contributed by atoms with Crippen LogP contribution in [-0.4, -0.2) is 19.3 Å². The summed E-state index contributed by atoms with van der Waals surface area (Å²) in [5, 5.41) is 10.1. The van der Waals surface area contributed by atoms with Crippen molar-refractivity contribution in [2.24, 2.45) is 0 Å². The van der Waals surface area contributed by atoms with Crippen LogP contribution in [0.1, 0.15) is 16.7 Å². The molecular weight excluding hydrogens is 669 g/mol. The predicted molar refractivity (Wildman–Crippen MR) is 220 cm³/mol. The van der Waals surface area contributed by atoms with E-state index in [4.69, 9.17) is 14.8 Å². The molecule has 6 heteroatoms. The molecule has 4 heterocycles. The molecular formula is C47H34N4OS. The average Bonchev–Trinajstić information content (AvgIpc) is 3.87. The van der Waals surface area contributed by atoms with Gasteiger partial charge in [0, 0.05) is 66.6 Å². The highest BCUT2D eigenvalue weighted by Crippen LogP contribution is 2.44. The van der Waals surface area contributed by atoms with E-state index < -0.39 is 0 Å². The molecule has 4 aromatic heterocycles. The number of nitrogens with zero attached hydrogens (tertiary/aromatic N) is 4. The van der Waals surface area contributed by atoms with Crippen molar-refractivity contribution in [3.05, 3.63) is 169 Å². The maximum Gasteiger partial charge on any atom is 0.137 e. The zero-order chi connectivity index (χ0) is 35.6. The Morgan fingerprint density at radius 3 is 2.23 bits per heavy atom. The Morgan fingerprint density at radius 1 is 0.623 bits per heavy atom. The molecule has 0 spiro atoms. The minimum atomic E-state index is 0.731. The minimum absolute atomic E-state index is 0.731. The number of hydrogen-bond donors (Lipinski definition) is 0. The van der Waals surface area contributed by atoms with Crippen LogP contribution < -0.4 is 4.74 Å². The summed E-state index contributed by atoms with van der Waals surface area (Å²) in [6.45, 7) is 6.49. The van der Waals surface area contributed by atoms with Crippen LogP contribution in [-0.2, 0) is 0 Å². The van der Waals surface area contributed by atoms with Gasteiger partial charge >= 0.3 is 0 Å². The molecule has 6 aromatic carbocycles. The smallest absolute Gasteiger partial charge is 0.137 e. The van der Waals surface area contributed by atoms with Crippen LogP contribution in [0.5, 0.6) is 11.5 Å². The number of hydrogen-bond acceptors (Lipinski definition) is 4. The molecule has 0 saturated heterocycles.